The van der Waals surface area contributed by atoms with Crippen molar-refractivity contribution in [2.75, 3.05) is 6.26 Å². The molecule has 202 valence electrons. The van der Waals surface area contributed by atoms with E-state index in [4.69, 9.17) is 10.5 Å². The third kappa shape index (κ3) is 6.36. The van der Waals surface area contributed by atoms with Crippen molar-refractivity contribution >= 4 is 15.9 Å². The number of ether oxygens (including phenoxy) is 1. The highest BCUT2D eigenvalue weighted by molar-refractivity contribution is 7.88. The summed E-state index contributed by atoms with van der Waals surface area (Å²) in [7, 11) is -3.43. The Balaban J connectivity index is 1.64. The van der Waals surface area contributed by atoms with Gasteiger partial charge in [0.1, 0.15) is 18.2 Å². The van der Waals surface area contributed by atoms with Crippen molar-refractivity contribution in [2.24, 2.45) is 11.1 Å². The van der Waals surface area contributed by atoms with E-state index in [0.717, 1.165) is 11.8 Å². The molecule has 0 unspecified atom stereocenters. The normalized spacial score (nSPS) is 19.7. The Hall–Kier alpha value is -3.37. The van der Waals surface area contributed by atoms with Gasteiger partial charge in [0.25, 0.3) is 0 Å². The summed E-state index contributed by atoms with van der Waals surface area (Å²) in [6.07, 6.45) is 2.09. The highest BCUT2D eigenvalue weighted by Gasteiger charge is 2.41. The molecular weight excluding hydrogens is 517 g/mol. The van der Waals surface area contributed by atoms with E-state index in [0.29, 0.717) is 18.9 Å². The standard InChI is InChI=1S/C28H29F3N2O4S/c1-38(35,36)33-20-10-12-28(13-11-20,27(32)34)16-19-14-22(25(31)15-24(19)30)21-8-5-9-23(29)26(21)37-17-18-6-3-2-4-7-18/h2-9,14-15,20,33H,10-13,16-17H2,1H3,(H2,32,34). The van der Waals surface area contributed by atoms with Gasteiger partial charge in [-0.15, -0.1) is 0 Å². The topological polar surface area (TPSA) is 98.5 Å². The summed E-state index contributed by atoms with van der Waals surface area (Å²) in [5.74, 6) is -3.28. The van der Waals surface area contributed by atoms with Gasteiger partial charge in [-0.05, 0) is 55.4 Å². The molecule has 38 heavy (non-hydrogen) atoms. The van der Waals surface area contributed by atoms with Crippen LogP contribution in [0.3, 0.4) is 0 Å². The number of para-hydroxylation sites is 1. The van der Waals surface area contributed by atoms with Gasteiger partial charge >= 0.3 is 0 Å². The van der Waals surface area contributed by atoms with Crippen LogP contribution in [-0.2, 0) is 27.8 Å². The Morgan fingerprint density at radius 1 is 0.974 bits per heavy atom. The SMILES string of the molecule is CS(=O)(=O)NC1CCC(Cc2cc(-c3cccc(F)c3OCc3ccccc3)c(F)cc2F)(C(N)=O)CC1. The third-order valence-electron chi connectivity index (χ3n) is 6.99. The molecule has 0 aromatic heterocycles. The maximum atomic E-state index is 15.1. The summed E-state index contributed by atoms with van der Waals surface area (Å²) in [5.41, 5.74) is 5.47. The Kier molecular flexibility index (Phi) is 8.13. The average Bonchev–Trinajstić information content (AvgIpc) is 2.86. The molecule has 3 aromatic carbocycles. The molecular formula is C28H29F3N2O4S. The predicted octanol–water partition coefficient (Wildman–Crippen LogP) is 4.86. The minimum absolute atomic E-state index is 0.0396. The lowest BCUT2D eigenvalue weighted by Gasteiger charge is -2.38. The highest BCUT2D eigenvalue weighted by atomic mass is 32.2. The van der Waals surface area contributed by atoms with Crippen molar-refractivity contribution in [1.82, 2.24) is 4.72 Å². The summed E-state index contributed by atoms with van der Waals surface area (Å²) < 4.78 is 76.3. The number of carbonyl (C=O) groups is 1. The van der Waals surface area contributed by atoms with Crippen LogP contribution in [0, 0.1) is 22.9 Å². The molecule has 0 bridgehead atoms. The van der Waals surface area contributed by atoms with Gasteiger partial charge in [0, 0.05) is 23.2 Å². The fourth-order valence-corrected chi connectivity index (χ4v) is 5.84. The zero-order valence-corrected chi connectivity index (χ0v) is 21.7. The molecule has 1 aliphatic rings. The number of nitrogens with two attached hydrogens (primary N) is 1. The number of halogens is 3. The number of hydrogen-bond acceptors (Lipinski definition) is 4. The molecule has 10 heteroatoms. The molecule has 0 aliphatic heterocycles. The Morgan fingerprint density at radius 3 is 2.29 bits per heavy atom. The lowest BCUT2D eigenvalue weighted by Crippen LogP contribution is -2.46. The van der Waals surface area contributed by atoms with E-state index in [1.54, 1.807) is 12.1 Å². The van der Waals surface area contributed by atoms with Crippen LogP contribution in [0.1, 0.15) is 36.8 Å². The van der Waals surface area contributed by atoms with Crippen LogP contribution in [0.5, 0.6) is 5.75 Å². The maximum absolute atomic E-state index is 15.1. The number of rotatable bonds is 9. The third-order valence-corrected chi connectivity index (χ3v) is 7.76. The molecule has 1 amide bonds. The average molecular weight is 547 g/mol. The van der Waals surface area contributed by atoms with Gasteiger partial charge < -0.3 is 10.5 Å². The van der Waals surface area contributed by atoms with Crippen molar-refractivity contribution in [3.05, 3.63) is 89.2 Å². The lowest BCUT2D eigenvalue weighted by molar-refractivity contribution is -0.129. The van der Waals surface area contributed by atoms with Crippen LogP contribution in [0.4, 0.5) is 13.2 Å². The first-order valence-corrected chi connectivity index (χ1v) is 14.1. The van der Waals surface area contributed by atoms with Gasteiger partial charge in [0.15, 0.2) is 11.6 Å². The zero-order valence-electron chi connectivity index (χ0n) is 20.8. The quantitative estimate of drug-likeness (QED) is 0.401. The first-order chi connectivity index (χ1) is 18.0. The van der Waals surface area contributed by atoms with Crippen molar-refractivity contribution < 1.29 is 31.1 Å². The van der Waals surface area contributed by atoms with E-state index in [9.17, 15) is 22.0 Å². The van der Waals surface area contributed by atoms with Crippen LogP contribution >= 0.6 is 0 Å². The maximum Gasteiger partial charge on any atom is 0.223 e. The molecule has 1 aliphatic carbocycles. The fraction of sp³-hybridized carbons (Fsp3) is 0.321. The van der Waals surface area contributed by atoms with Crippen molar-refractivity contribution in [1.29, 1.82) is 0 Å². The molecule has 0 heterocycles. The summed E-state index contributed by atoms with van der Waals surface area (Å²) in [6, 6.07) is 14.8. The Labute approximate surface area is 220 Å². The molecule has 3 N–H and O–H groups in total. The van der Waals surface area contributed by atoms with Gasteiger partial charge in [-0.3, -0.25) is 4.79 Å². The highest BCUT2D eigenvalue weighted by Crippen LogP contribution is 2.42. The number of benzene rings is 3. The largest absolute Gasteiger partial charge is 0.485 e. The summed E-state index contributed by atoms with van der Waals surface area (Å²) in [5, 5.41) is 0. The van der Waals surface area contributed by atoms with E-state index in [-0.39, 0.29) is 54.4 Å². The smallest absolute Gasteiger partial charge is 0.223 e. The fourth-order valence-electron chi connectivity index (χ4n) is 5.00. The van der Waals surface area contributed by atoms with E-state index in [1.807, 2.05) is 18.2 Å². The molecule has 0 atom stereocenters. The summed E-state index contributed by atoms with van der Waals surface area (Å²) in [4.78, 5) is 12.5. The first-order valence-electron chi connectivity index (χ1n) is 12.2. The second kappa shape index (κ2) is 11.2. The number of nitrogens with one attached hydrogen (secondary N) is 1. The molecule has 4 rings (SSSR count). The van der Waals surface area contributed by atoms with Crippen LogP contribution in [0.15, 0.2) is 60.7 Å². The van der Waals surface area contributed by atoms with Crippen LogP contribution < -0.4 is 15.2 Å². The van der Waals surface area contributed by atoms with E-state index in [1.165, 1.54) is 24.3 Å². The van der Waals surface area contributed by atoms with Crippen LogP contribution in [0.2, 0.25) is 0 Å². The number of sulfonamides is 1. The van der Waals surface area contributed by atoms with E-state index < -0.39 is 38.8 Å². The van der Waals surface area contributed by atoms with Gasteiger partial charge in [-0.1, -0.05) is 42.5 Å². The predicted molar refractivity (Wildman–Crippen MR) is 138 cm³/mol. The molecule has 0 spiro atoms. The molecule has 6 nitrogen and oxygen atoms in total. The second-order valence-electron chi connectivity index (χ2n) is 9.80. The monoisotopic (exact) mass is 546 g/mol. The summed E-state index contributed by atoms with van der Waals surface area (Å²) in [6.45, 7) is 0.0396. The number of primary amides is 1. The molecule has 3 aromatic rings. The van der Waals surface area contributed by atoms with Gasteiger partial charge in [0.05, 0.1) is 11.7 Å². The number of carbonyl (C=O) groups excluding carboxylic acids is 1. The van der Waals surface area contributed by atoms with Gasteiger partial charge in [0.2, 0.25) is 15.9 Å². The first kappa shape index (κ1) is 27.7. The minimum Gasteiger partial charge on any atom is -0.485 e. The Morgan fingerprint density at radius 2 is 1.66 bits per heavy atom. The van der Waals surface area contributed by atoms with Gasteiger partial charge in [-0.25, -0.2) is 26.3 Å². The van der Waals surface area contributed by atoms with Crippen LogP contribution in [-0.4, -0.2) is 26.6 Å². The molecule has 1 saturated carbocycles. The Bertz CT molecular complexity index is 1420. The lowest BCUT2D eigenvalue weighted by atomic mass is 9.68. The number of amides is 1. The van der Waals surface area contributed by atoms with E-state index in [2.05, 4.69) is 4.72 Å². The summed E-state index contributed by atoms with van der Waals surface area (Å²) >= 11 is 0. The second-order valence-corrected chi connectivity index (χ2v) is 11.6. The van der Waals surface area contributed by atoms with Crippen molar-refractivity contribution in [3.8, 4) is 16.9 Å². The van der Waals surface area contributed by atoms with Gasteiger partial charge in [-0.2, -0.15) is 0 Å². The molecule has 1 fully saturated rings. The minimum atomic E-state index is -3.43. The van der Waals surface area contributed by atoms with E-state index >= 15 is 4.39 Å². The van der Waals surface area contributed by atoms with Crippen molar-refractivity contribution in [3.63, 3.8) is 0 Å². The molecule has 0 radical (unpaired) electrons. The molecule has 0 saturated heterocycles. The zero-order chi connectivity index (χ0) is 27.5. The van der Waals surface area contributed by atoms with Crippen LogP contribution in [0.25, 0.3) is 11.1 Å². The number of hydrogen-bond donors (Lipinski definition) is 2. The van der Waals surface area contributed by atoms with Crippen molar-refractivity contribution in [2.45, 2.75) is 44.8 Å².